The molecule has 1 unspecified atom stereocenters. The molecule has 7 heteroatoms. The van der Waals surface area contributed by atoms with Crippen LogP contribution in [0.15, 0.2) is 18.2 Å². The van der Waals surface area contributed by atoms with Gasteiger partial charge in [-0.15, -0.1) is 0 Å². The second-order valence-electron chi connectivity index (χ2n) is 4.53. The number of aliphatic hydroxyl groups is 1. The Morgan fingerprint density at radius 1 is 1.53 bits per heavy atom. The summed E-state index contributed by atoms with van der Waals surface area (Å²) in [6.07, 6.45) is -0.455. The first-order valence-electron chi connectivity index (χ1n) is 5.94. The van der Waals surface area contributed by atoms with Crippen molar-refractivity contribution in [3.63, 3.8) is 0 Å². The fourth-order valence-corrected chi connectivity index (χ4v) is 2.41. The van der Waals surface area contributed by atoms with Crippen molar-refractivity contribution in [1.82, 2.24) is 13.6 Å². The number of benzene rings is 1. The van der Waals surface area contributed by atoms with Gasteiger partial charge in [0.1, 0.15) is 11.0 Å². The van der Waals surface area contributed by atoms with Crippen molar-refractivity contribution < 1.29 is 9.90 Å². The average Bonchev–Trinajstić information content (AvgIpc) is 2.76. The lowest BCUT2D eigenvalue weighted by Crippen LogP contribution is -2.34. The van der Waals surface area contributed by atoms with Crippen LogP contribution in [0.4, 0.5) is 5.69 Å². The zero-order valence-electron chi connectivity index (χ0n) is 10.8. The number of hydrogen-bond donors (Lipinski definition) is 2. The molecule has 0 saturated heterocycles. The highest BCUT2D eigenvalue weighted by Gasteiger charge is 2.11. The molecule has 0 aliphatic heterocycles. The number of nitrogens with zero attached hydrogens (tertiary/aromatic N) is 3. The highest BCUT2D eigenvalue weighted by molar-refractivity contribution is 7.00. The molecular formula is C12H16N4O2S. The third-order valence-corrected chi connectivity index (χ3v) is 3.09. The molecule has 0 radical (unpaired) electrons. The first-order valence-corrected chi connectivity index (χ1v) is 6.67. The Hall–Kier alpha value is -1.57. The molecule has 2 aromatic rings. The number of rotatable bonds is 5. The lowest BCUT2D eigenvalue weighted by molar-refractivity contribution is -0.117. The Bertz CT molecular complexity index is 570. The number of hydrogen-bond acceptors (Lipinski definition) is 6. The summed E-state index contributed by atoms with van der Waals surface area (Å²) >= 11 is 1.12. The maximum atomic E-state index is 11.9. The van der Waals surface area contributed by atoms with Gasteiger partial charge in [-0.3, -0.25) is 9.69 Å². The molecule has 1 atom stereocenters. The minimum atomic E-state index is -0.455. The largest absolute Gasteiger partial charge is 0.392 e. The quantitative estimate of drug-likeness (QED) is 0.852. The third kappa shape index (κ3) is 3.69. The van der Waals surface area contributed by atoms with Gasteiger partial charge in [0.25, 0.3) is 0 Å². The van der Waals surface area contributed by atoms with Gasteiger partial charge >= 0.3 is 0 Å². The number of carbonyl (C=O) groups excluding carboxylic acids is 1. The number of aliphatic hydroxyl groups excluding tert-OH is 1. The summed E-state index contributed by atoms with van der Waals surface area (Å²) in [5.41, 5.74) is 2.15. The molecule has 0 fully saturated rings. The molecule has 0 spiro atoms. The normalized spacial score (nSPS) is 12.8. The van der Waals surface area contributed by atoms with E-state index in [1.807, 2.05) is 12.1 Å². The van der Waals surface area contributed by atoms with Crippen molar-refractivity contribution in [2.75, 3.05) is 25.5 Å². The first-order chi connectivity index (χ1) is 9.06. The molecule has 1 heterocycles. The van der Waals surface area contributed by atoms with E-state index in [-0.39, 0.29) is 12.5 Å². The lowest BCUT2D eigenvalue weighted by Gasteiger charge is -2.17. The summed E-state index contributed by atoms with van der Waals surface area (Å²) in [7, 11) is 1.79. The van der Waals surface area contributed by atoms with Gasteiger partial charge in [-0.1, -0.05) is 6.07 Å². The standard InChI is InChI=1S/C12H16N4O2S/c1-8(17)6-16(2)7-11(18)13-9-4-3-5-10-12(9)15-19-14-10/h3-5,8,17H,6-7H2,1-2H3,(H,13,18). The maximum Gasteiger partial charge on any atom is 0.238 e. The Kier molecular flexibility index (Phi) is 4.41. The monoisotopic (exact) mass is 280 g/mol. The number of amides is 1. The van der Waals surface area contributed by atoms with Gasteiger partial charge in [-0.05, 0) is 26.1 Å². The summed E-state index contributed by atoms with van der Waals surface area (Å²) in [6, 6.07) is 5.49. The highest BCUT2D eigenvalue weighted by atomic mass is 32.1. The van der Waals surface area contributed by atoms with Gasteiger partial charge in [-0.2, -0.15) is 8.75 Å². The predicted octanol–water partition coefficient (Wildman–Crippen LogP) is 0.942. The van der Waals surface area contributed by atoms with Crippen LogP contribution in [0.2, 0.25) is 0 Å². The van der Waals surface area contributed by atoms with E-state index in [0.717, 1.165) is 17.2 Å². The number of nitrogens with one attached hydrogen (secondary N) is 1. The van der Waals surface area contributed by atoms with Crippen molar-refractivity contribution in [1.29, 1.82) is 0 Å². The van der Waals surface area contributed by atoms with Crippen LogP contribution < -0.4 is 5.32 Å². The Labute approximate surface area is 115 Å². The number of aromatic nitrogens is 2. The number of anilines is 1. The number of carbonyl (C=O) groups is 1. The zero-order chi connectivity index (χ0) is 13.8. The van der Waals surface area contributed by atoms with Gasteiger partial charge in [0, 0.05) is 6.54 Å². The van der Waals surface area contributed by atoms with Crippen LogP contribution >= 0.6 is 11.7 Å². The second kappa shape index (κ2) is 6.05. The van der Waals surface area contributed by atoms with Gasteiger partial charge in [-0.25, -0.2) is 0 Å². The van der Waals surface area contributed by atoms with Crippen LogP contribution in [0, 0.1) is 0 Å². The fourth-order valence-electron chi connectivity index (χ4n) is 1.86. The van der Waals surface area contributed by atoms with E-state index in [2.05, 4.69) is 14.1 Å². The average molecular weight is 280 g/mol. The number of likely N-dealkylation sites (N-methyl/N-ethyl adjacent to an activating group) is 1. The lowest BCUT2D eigenvalue weighted by atomic mass is 10.2. The van der Waals surface area contributed by atoms with E-state index < -0.39 is 6.10 Å². The Balaban J connectivity index is 2.01. The van der Waals surface area contributed by atoms with Crippen molar-refractivity contribution in [2.45, 2.75) is 13.0 Å². The summed E-state index contributed by atoms with van der Waals surface area (Å²) in [6.45, 7) is 2.37. The minimum Gasteiger partial charge on any atom is -0.392 e. The molecule has 1 aromatic carbocycles. The van der Waals surface area contributed by atoms with Crippen molar-refractivity contribution in [3.8, 4) is 0 Å². The minimum absolute atomic E-state index is 0.136. The molecule has 1 aromatic heterocycles. The SMILES string of the molecule is CC(O)CN(C)CC(=O)Nc1cccc2nsnc12. The van der Waals surface area contributed by atoms with E-state index >= 15 is 0 Å². The van der Waals surface area contributed by atoms with E-state index in [1.54, 1.807) is 24.9 Å². The predicted molar refractivity (Wildman–Crippen MR) is 75.2 cm³/mol. The first kappa shape index (κ1) is 13.9. The van der Waals surface area contributed by atoms with Gasteiger partial charge in [0.2, 0.25) is 5.91 Å². The maximum absolute atomic E-state index is 11.9. The molecule has 102 valence electrons. The molecular weight excluding hydrogens is 264 g/mol. The molecule has 2 N–H and O–H groups in total. The van der Waals surface area contributed by atoms with E-state index in [1.165, 1.54) is 0 Å². The van der Waals surface area contributed by atoms with Crippen molar-refractivity contribution in [2.24, 2.45) is 0 Å². The van der Waals surface area contributed by atoms with Crippen LogP contribution in [0.5, 0.6) is 0 Å². The highest BCUT2D eigenvalue weighted by Crippen LogP contribution is 2.20. The van der Waals surface area contributed by atoms with Crippen molar-refractivity contribution >= 4 is 34.4 Å². The molecule has 19 heavy (non-hydrogen) atoms. The molecule has 0 saturated carbocycles. The Morgan fingerprint density at radius 2 is 2.32 bits per heavy atom. The van der Waals surface area contributed by atoms with E-state index in [4.69, 9.17) is 0 Å². The van der Waals surface area contributed by atoms with Crippen LogP contribution in [0.1, 0.15) is 6.92 Å². The molecule has 0 aliphatic rings. The van der Waals surface area contributed by atoms with Crippen LogP contribution in [-0.2, 0) is 4.79 Å². The van der Waals surface area contributed by atoms with E-state index in [9.17, 15) is 9.90 Å². The molecule has 0 aliphatic carbocycles. The third-order valence-electron chi connectivity index (χ3n) is 2.55. The van der Waals surface area contributed by atoms with Crippen LogP contribution in [0.25, 0.3) is 11.0 Å². The Morgan fingerprint density at radius 3 is 3.05 bits per heavy atom. The summed E-state index contributed by atoms with van der Waals surface area (Å²) in [5.74, 6) is -0.136. The number of fused-ring (bicyclic) bond motifs is 1. The van der Waals surface area contributed by atoms with Crippen LogP contribution in [-0.4, -0.2) is 50.9 Å². The summed E-state index contributed by atoms with van der Waals surface area (Å²) in [4.78, 5) is 13.7. The topological polar surface area (TPSA) is 78.4 Å². The zero-order valence-corrected chi connectivity index (χ0v) is 11.6. The molecule has 0 bridgehead atoms. The van der Waals surface area contributed by atoms with Gasteiger partial charge < -0.3 is 10.4 Å². The molecule has 6 nitrogen and oxygen atoms in total. The van der Waals surface area contributed by atoms with Gasteiger partial charge in [0.05, 0.1) is 30.1 Å². The van der Waals surface area contributed by atoms with Crippen LogP contribution in [0.3, 0.4) is 0 Å². The fraction of sp³-hybridized carbons (Fsp3) is 0.417. The smallest absolute Gasteiger partial charge is 0.238 e. The van der Waals surface area contributed by atoms with E-state index in [0.29, 0.717) is 17.7 Å². The summed E-state index contributed by atoms with van der Waals surface area (Å²) in [5, 5.41) is 12.1. The molecule has 1 amide bonds. The summed E-state index contributed by atoms with van der Waals surface area (Å²) < 4.78 is 8.28. The second-order valence-corrected chi connectivity index (χ2v) is 5.06. The van der Waals surface area contributed by atoms with Gasteiger partial charge in [0.15, 0.2) is 0 Å². The molecule has 2 rings (SSSR count). The van der Waals surface area contributed by atoms with Crippen molar-refractivity contribution in [3.05, 3.63) is 18.2 Å².